The number of rotatable bonds is 4. The van der Waals surface area contributed by atoms with Gasteiger partial charge in [-0.1, -0.05) is 19.2 Å². The van der Waals surface area contributed by atoms with Gasteiger partial charge in [0.05, 0.1) is 22.1 Å². The number of anilines is 1. The Labute approximate surface area is 156 Å². The van der Waals surface area contributed by atoms with Crippen LogP contribution in [0.2, 0.25) is 0 Å². The van der Waals surface area contributed by atoms with Gasteiger partial charge in [-0.15, -0.1) is 0 Å². The minimum absolute atomic E-state index is 0.182. The fourth-order valence-corrected chi connectivity index (χ4v) is 3.40. The van der Waals surface area contributed by atoms with E-state index in [1.54, 1.807) is 24.4 Å². The number of hydrogen-bond acceptors (Lipinski definition) is 5. The second-order valence-corrected chi connectivity index (χ2v) is 6.46. The van der Waals surface area contributed by atoms with E-state index in [4.69, 9.17) is 4.98 Å². The molecule has 1 aliphatic rings. The fraction of sp³-hybridized carbons (Fsp3) is 0.250. The molecule has 0 saturated carbocycles. The third-order valence-corrected chi connectivity index (χ3v) is 4.78. The number of pyridine rings is 2. The minimum Gasteiger partial charge on any atom is -0.355 e. The normalized spacial score (nSPS) is 15.9. The molecule has 0 aliphatic carbocycles. The van der Waals surface area contributed by atoms with Crippen LogP contribution in [-0.4, -0.2) is 45.9 Å². The quantitative estimate of drug-likeness (QED) is 0.696. The van der Waals surface area contributed by atoms with Crippen molar-refractivity contribution >= 4 is 33.5 Å². The zero-order valence-electron chi connectivity index (χ0n) is 15.1. The lowest BCUT2D eigenvalue weighted by Crippen LogP contribution is -2.28. The average molecular weight is 362 g/mol. The van der Waals surface area contributed by atoms with Crippen LogP contribution in [0, 0.1) is 0 Å². The van der Waals surface area contributed by atoms with Crippen molar-refractivity contribution < 1.29 is 0 Å². The lowest BCUT2D eigenvalue weighted by molar-refractivity contribution is 0.724. The van der Waals surface area contributed by atoms with Crippen LogP contribution in [0.5, 0.6) is 0 Å². The zero-order chi connectivity index (χ0) is 18.8. The van der Waals surface area contributed by atoms with Gasteiger partial charge in [-0.2, -0.15) is 0 Å². The van der Waals surface area contributed by atoms with Crippen molar-refractivity contribution in [2.75, 3.05) is 31.1 Å². The number of aromatic nitrogens is 4. The average Bonchev–Trinajstić information content (AvgIpc) is 2.87. The number of allylic oxidation sites excluding steroid dienone is 4. The molecule has 138 valence electrons. The van der Waals surface area contributed by atoms with E-state index in [0.717, 1.165) is 43.9 Å². The number of hydrogen-bond donors (Lipinski definition) is 2. The highest BCUT2D eigenvalue weighted by Crippen LogP contribution is 2.23. The van der Waals surface area contributed by atoms with Crippen LogP contribution in [0.3, 0.4) is 0 Å². The van der Waals surface area contributed by atoms with Crippen molar-refractivity contribution in [3.63, 3.8) is 0 Å². The van der Waals surface area contributed by atoms with Gasteiger partial charge in [-0.05, 0) is 37.3 Å². The van der Waals surface area contributed by atoms with Crippen molar-refractivity contribution in [2.24, 2.45) is 0 Å². The monoisotopic (exact) mass is 362 g/mol. The Balaban J connectivity index is 1.90. The maximum absolute atomic E-state index is 12.8. The third-order valence-electron chi connectivity index (χ3n) is 4.78. The van der Waals surface area contributed by atoms with Crippen LogP contribution in [0.4, 0.5) is 5.82 Å². The van der Waals surface area contributed by atoms with Crippen LogP contribution >= 0.6 is 0 Å². The molecule has 1 aliphatic heterocycles. The summed E-state index contributed by atoms with van der Waals surface area (Å²) in [5.74, 6) is 0.902. The number of nitrogens with zero attached hydrogens (tertiary/aromatic N) is 4. The summed E-state index contributed by atoms with van der Waals surface area (Å²) in [6, 6.07) is 3.95. The van der Waals surface area contributed by atoms with Gasteiger partial charge in [0.2, 0.25) is 0 Å². The van der Waals surface area contributed by atoms with Crippen molar-refractivity contribution in [1.29, 1.82) is 0 Å². The molecule has 1 saturated heterocycles. The second-order valence-electron chi connectivity index (χ2n) is 6.46. The van der Waals surface area contributed by atoms with E-state index in [0.29, 0.717) is 22.1 Å². The van der Waals surface area contributed by atoms with Crippen LogP contribution in [0.15, 0.2) is 54.5 Å². The molecule has 4 heterocycles. The summed E-state index contributed by atoms with van der Waals surface area (Å²) in [6.07, 6.45) is 7.62. The highest BCUT2D eigenvalue weighted by molar-refractivity contribution is 6.01. The highest BCUT2D eigenvalue weighted by Gasteiger charge is 2.16. The van der Waals surface area contributed by atoms with Crippen LogP contribution in [0.25, 0.3) is 27.6 Å². The van der Waals surface area contributed by atoms with E-state index in [1.165, 1.54) is 4.68 Å². The predicted molar refractivity (Wildman–Crippen MR) is 110 cm³/mol. The van der Waals surface area contributed by atoms with Crippen molar-refractivity contribution in [3.8, 4) is 0 Å². The Morgan fingerprint density at radius 3 is 2.93 bits per heavy atom. The molecule has 0 atom stereocenters. The molecule has 27 heavy (non-hydrogen) atoms. The molecule has 0 bridgehead atoms. The van der Waals surface area contributed by atoms with Crippen molar-refractivity contribution in [3.05, 3.63) is 60.1 Å². The van der Waals surface area contributed by atoms with E-state index >= 15 is 0 Å². The Morgan fingerprint density at radius 2 is 2.11 bits per heavy atom. The highest BCUT2D eigenvalue weighted by atomic mass is 16.1. The van der Waals surface area contributed by atoms with Gasteiger partial charge >= 0.3 is 0 Å². The number of aromatic amines is 1. The summed E-state index contributed by atoms with van der Waals surface area (Å²) in [4.78, 5) is 24.3. The molecule has 0 spiro atoms. The van der Waals surface area contributed by atoms with Gasteiger partial charge in [0.1, 0.15) is 11.3 Å². The molecular weight excluding hydrogens is 340 g/mol. The summed E-state index contributed by atoms with van der Waals surface area (Å²) in [5.41, 5.74) is 2.56. The first-order valence-electron chi connectivity index (χ1n) is 9.04. The van der Waals surface area contributed by atoms with E-state index in [1.807, 2.05) is 12.1 Å². The van der Waals surface area contributed by atoms with Crippen molar-refractivity contribution in [1.82, 2.24) is 25.1 Å². The van der Waals surface area contributed by atoms with E-state index in [9.17, 15) is 4.79 Å². The number of H-pyrrole nitrogens is 1. The summed E-state index contributed by atoms with van der Waals surface area (Å²) in [6.45, 7) is 11.3. The van der Waals surface area contributed by atoms with Gasteiger partial charge in [0.15, 0.2) is 0 Å². The van der Waals surface area contributed by atoms with Crippen LogP contribution < -0.4 is 15.8 Å². The lowest BCUT2D eigenvalue weighted by Gasteiger charge is -2.21. The Kier molecular flexibility index (Phi) is 4.60. The standard InChI is InChI=1S/C20H22N6O/c1-3-6-14(4-2)26-20(27)15-13-22-16-7-8-17(23-19(16)18(15)24-26)25-11-5-9-21-10-12-25/h3-4,6-8,13,21,24H,1-2,5,9-12H2/b14-6+. The maximum atomic E-state index is 12.8. The fourth-order valence-electron chi connectivity index (χ4n) is 3.40. The van der Waals surface area contributed by atoms with Crippen LogP contribution in [-0.2, 0) is 0 Å². The first kappa shape index (κ1) is 17.2. The van der Waals surface area contributed by atoms with Gasteiger partial charge < -0.3 is 10.2 Å². The minimum atomic E-state index is -0.182. The maximum Gasteiger partial charge on any atom is 0.280 e. The summed E-state index contributed by atoms with van der Waals surface area (Å²) >= 11 is 0. The molecule has 0 amide bonds. The number of nitrogens with one attached hydrogen (secondary N) is 2. The lowest BCUT2D eigenvalue weighted by atomic mass is 10.2. The van der Waals surface area contributed by atoms with Gasteiger partial charge in [0.25, 0.3) is 5.56 Å². The topological polar surface area (TPSA) is 78.8 Å². The van der Waals surface area contributed by atoms with Crippen LogP contribution in [0.1, 0.15) is 6.42 Å². The Hall–Kier alpha value is -3.19. The molecule has 1 fully saturated rings. The first-order chi connectivity index (χ1) is 13.2. The smallest absolute Gasteiger partial charge is 0.280 e. The van der Waals surface area contributed by atoms with Gasteiger partial charge in [-0.25, -0.2) is 9.67 Å². The molecule has 7 nitrogen and oxygen atoms in total. The summed E-state index contributed by atoms with van der Waals surface area (Å²) in [5, 5.41) is 7.07. The molecule has 2 N–H and O–H groups in total. The largest absolute Gasteiger partial charge is 0.355 e. The first-order valence-corrected chi connectivity index (χ1v) is 9.04. The van der Waals surface area contributed by atoms with Gasteiger partial charge in [0, 0.05) is 25.8 Å². The summed E-state index contributed by atoms with van der Waals surface area (Å²) in [7, 11) is 0. The summed E-state index contributed by atoms with van der Waals surface area (Å²) < 4.78 is 1.45. The molecule has 3 aromatic heterocycles. The molecule has 0 radical (unpaired) electrons. The number of fused-ring (bicyclic) bond motifs is 3. The van der Waals surface area contributed by atoms with E-state index in [-0.39, 0.29) is 5.56 Å². The molecule has 3 aromatic rings. The second kappa shape index (κ2) is 7.20. The molecule has 7 heteroatoms. The molecule has 0 unspecified atom stereocenters. The van der Waals surface area contributed by atoms with E-state index < -0.39 is 0 Å². The Bertz CT molecular complexity index is 1100. The predicted octanol–water partition coefficient (Wildman–Crippen LogP) is 2.29. The SMILES string of the molecule is C=C/C=C(\C=C)n1[nH]c2c(cnc3ccc(N4CCCNCC4)nc32)c1=O. The Morgan fingerprint density at radius 1 is 1.22 bits per heavy atom. The van der Waals surface area contributed by atoms with Crippen molar-refractivity contribution in [2.45, 2.75) is 6.42 Å². The molecule has 4 rings (SSSR count). The van der Waals surface area contributed by atoms with Gasteiger partial charge in [-0.3, -0.25) is 14.9 Å². The zero-order valence-corrected chi connectivity index (χ0v) is 15.1. The third kappa shape index (κ3) is 3.06. The molecular formula is C20H22N6O. The molecule has 0 aromatic carbocycles. The van der Waals surface area contributed by atoms with E-state index in [2.05, 4.69) is 33.5 Å².